The molecule has 0 aliphatic carbocycles. The lowest BCUT2D eigenvalue weighted by molar-refractivity contribution is -0.141. The Hall–Kier alpha value is -2.02. The van der Waals surface area contributed by atoms with Gasteiger partial charge in [-0.1, -0.05) is 30.8 Å². The molecular formula is C15H20N2O4S. The standard InChI is InChI=1S/C15H20N2O4S/c1-3-6-14(19)21-10-22-12-8-5-4-7-11(12)15(20)17-9-13(18)16-2/h4-5,7-8H,3,6,9-10H2,1-2H3,(H,16,18)(H,17,20). The Kier molecular flexibility index (Phi) is 8.06. The summed E-state index contributed by atoms with van der Waals surface area (Å²) in [6.45, 7) is 1.82. The first-order valence-corrected chi connectivity index (χ1v) is 7.93. The predicted octanol–water partition coefficient (Wildman–Crippen LogP) is 1.56. The zero-order valence-corrected chi connectivity index (χ0v) is 13.5. The van der Waals surface area contributed by atoms with Gasteiger partial charge in [-0.3, -0.25) is 14.4 Å². The zero-order valence-electron chi connectivity index (χ0n) is 12.7. The van der Waals surface area contributed by atoms with Gasteiger partial charge in [-0.2, -0.15) is 0 Å². The van der Waals surface area contributed by atoms with Crippen LogP contribution in [0.1, 0.15) is 30.1 Å². The molecule has 0 heterocycles. The van der Waals surface area contributed by atoms with Gasteiger partial charge in [-0.05, 0) is 18.6 Å². The number of nitrogens with one attached hydrogen (secondary N) is 2. The van der Waals surface area contributed by atoms with Crippen LogP contribution < -0.4 is 10.6 Å². The van der Waals surface area contributed by atoms with Crippen LogP contribution in [0.4, 0.5) is 0 Å². The summed E-state index contributed by atoms with van der Waals surface area (Å²) in [5.74, 6) is -0.714. The molecule has 1 aromatic rings. The Morgan fingerprint density at radius 3 is 2.64 bits per heavy atom. The number of carbonyl (C=O) groups is 3. The molecule has 0 aromatic heterocycles. The summed E-state index contributed by atoms with van der Waals surface area (Å²) in [5.41, 5.74) is 0.447. The zero-order chi connectivity index (χ0) is 16.4. The van der Waals surface area contributed by atoms with E-state index in [9.17, 15) is 14.4 Å². The number of esters is 1. The van der Waals surface area contributed by atoms with Gasteiger partial charge in [0, 0.05) is 18.4 Å². The van der Waals surface area contributed by atoms with E-state index in [0.29, 0.717) is 16.9 Å². The normalized spacial score (nSPS) is 9.91. The number of likely N-dealkylation sites (N-methyl/N-ethyl adjacent to an activating group) is 1. The molecule has 0 aliphatic heterocycles. The Labute approximate surface area is 134 Å². The van der Waals surface area contributed by atoms with Crippen LogP contribution in [0.2, 0.25) is 0 Å². The van der Waals surface area contributed by atoms with Gasteiger partial charge in [-0.15, -0.1) is 0 Å². The second-order valence-corrected chi connectivity index (χ2v) is 5.34. The summed E-state index contributed by atoms with van der Waals surface area (Å²) in [6, 6.07) is 6.97. The molecule has 2 N–H and O–H groups in total. The molecule has 6 nitrogen and oxygen atoms in total. The van der Waals surface area contributed by atoms with Crippen molar-refractivity contribution in [3.8, 4) is 0 Å². The van der Waals surface area contributed by atoms with E-state index in [2.05, 4.69) is 10.6 Å². The van der Waals surface area contributed by atoms with E-state index in [1.807, 2.05) is 6.92 Å². The van der Waals surface area contributed by atoms with Crippen molar-refractivity contribution in [3.05, 3.63) is 29.8 Å². The van der Waals surface area contributed by atoms with Crippen LogP contribution in [0.15, 0.2) is 29.2 Å². The number of carbonyl (C=O) groups excluding carboxylic acids is 3. The Balaban J connectivity index is 2.59. The minimum Gasteiger partial charge on any atom is -0.454 e. The van der Waals surface area contributed by atoms with Crippen LogP contribution in [0.25, 0.3) is 0 Å². The van der Waals surface area contributed by atoms with Crippen LogP contribution in [0, 0.1) is 0 Å². The van der Waals surface area contributed by atoms with Crippen molar-refractivity contribution >= 4 is 29.5 Å². The molecule has 0 atom stereocenters. The highest BCUT2D eigenvalue weighted by atomic mass is 32.2. The first kappa shape index (κ1) is 18.0. The van der Waals surface area contributed by atoms with Crippen LogP contribution >= 0.6 is 11.8 Å². The third-order valence-electron chi connectivity index (χ3n) is 2.71. The molecule has 7 heteroatoms. The number of hydrogen-bond acceptors (Lipinski definition) is 5. The highest BCUT2D eigenvalue weighted by Gasteiger charge is 2.12. The lowest BCUT2D eigenvalue weighted by Crippen LogP contribution is -2.35. The predicted molar refractivity (Wildman–Crippen MR) is 84.6 cm³/mol. The second-order valence-electron chi connectivity index (χ2n) is 4.38. The molecule has 1 rings (SSSR count). The average molecular weight is 324 g/mol. The second kappa shape index (κ2) is 9.83. The van der Waals surface area contributed by atoms with Crippen molar-refractivity contribution in [2.24, 2.45) is 0 Å². The maximum absolute atomic E-state index is 12.1. The maximum Gasteiger partial charge on any atom is 0.306 e. The Morgan fingerprint density at radius 2 is 1.95 bits per heavy atom. The van der Waals surface area contributed by atoms with Crippen molar-refractivity contribution in [1.29, 1.82) is 0 Å². The average Bonchev–Trinajstić information content (AvgIpc) is 2.53. The first-order valence-electron chi connectivity index (χ1n) is 6.94. The fraction of sp³-hybridized carbons (Fsp3) is 0.400. The molecule has 0 bridgehead atoms. The number of amides is 2. The summed E-state index contributed by atoms with van der Waals surface area (Å²) in [7, 11) is 1.50. The Bertz CT molecular complexity index is 534. The number of hydrogen-bond donors (Lipinski definition) is 2. The lowest BCUT2D eigenvalue weighted by Gasteiger charge is -2.10. The van der Waals surface area contributed by atoms with Gasteiger partial charge in [0.25, 0.3) is 5.91 Å². The summed E-state index contributed by atoms with van der Waals surface area (Å²) >= 11 is 1.27. The van der Waals surface area contributed by atoms with Gasteiger partial charge in [0.15, 0.2) is 0 Å². The minimum atomic E-state index is -0.341. The summed E-state index contributed by atoms with van der Waals surface area (Å²) in [6.07, 6.45) is 1.12. The van der Waals surface area contributed by atoms with E-state index < -0.39 is 0 Å². The molecule has 2 amide bonds. The van der Waals surface area contributed by atoms with Crippen LogP contribution in [0.3, 0.4) is 0 Å². The lowest BCUT2D eigenvalue weighted by atomic mass is 10.2. The van der Waals surface area contributed by atoms with Crippen molar-refractivity contribution in [2.75, 3.05) is 19.5 Å². The third kappa shape index (κ3) is 6.17. The quantitative estimate of drug-likeness (QED) is 0.431. The highest BCUT2D eigenvalue weighted by molar-refractivity contribution is 7.99. The molecule has 0 radical (unpaired) electrons. The molecule has 0 saturated carbocycles. The number of thioether (sulfide) groups is 1. The maximum atomic E-state index is 12.1. The fourth-order valence-corrected chi connectivity index (χ4v) is 2.37. The van der Waals surface area contributed by atoms with E-state index in [0.717, 1.165) is 6.42 Å². The summed E-state index contributed by atoms with van der Waals surface area (Å²) in [4.78, 5) is 35.2. The van der Waals surface area contributed by atoms with Gasteiger partial charge in [0.05, 0.1) is 12.1 Å². The molecule has 1 aromatic carbocycles. The molecule has 0 fully saturated rings. The smallest absolute Gasteiger partial charge is 0.306 e. The van der Waals surface area contributed by atoms with E-state index in [1.54, 1.807) is 24.3 Å². The molecule has 0 saturated heterocycles. The van der Waals surface area contributed by atoms with Gasteiger partial charge in [0.2, 0.25) is 5.91 Å². The van der Waals surface area contributed by atoms with E-state index >= 15 is 0 Å². The largest absolute Gasteiger partial charge is 0.454 e. The van der Waals surface area contributed by atoms with Crippen LogP contribution in [-0.2, 0) is 14.3 Å². The van der Waals surface area contributed by atoms with E-state index in [1.165, 1.54) is 18.8 Å². The van der Waals surface area contributed by atoms with Crippen molar-refractivity contribution < 1.29 is 19.1 Å². The summed E-state index contributed by atoms with van der Waals surface area (Å²) in [5, 5.41) is 4.97. The molecular weight excluding hydrogens is 304 g/mol. The number of ether oxygens (including phenoxy) is 1. The minimum absolute atomic E-state index is 0.0835. The van der Waals surface area contributed by atoms with Crippen LogP contribution in [0.5, 0.6) is 0 Å². The van der Waals surface area contributed by atoms with Gasteiger partial charge in [-0.25, -0.2) is 0 Å². The van der Waals surface area contributed by atoms with Gasteiger partial charge in [0.1, 0.15) is 5.94 Å². The topological polar surface area (TPSA) is 84.5 Å². The third-order valence-corrected chi connectivity index (χ3v) is 3.61. The van der Waals surface area contributed by atoms with E-state index in [4.69, 9.17) is 4.74 Å². The molecule has 120 valence electrons. The molecule has 22 heavy (non-hydrogen) atoms. The SMILES string of the molecule is CCCC(=O)OCSc1ccccc1C(=O)NCC(=O)NC. The van der Waals surface area contributed by atoms with Crippen LogP contribution in [-0.4, -0.2) is 37.3 Å². The number of benzene rings is 1. The van der Waals surface area contributed by atoms with Crippen molar-refractivity contribution in [1.82, 2.24) is 10.6 Å². The van der Waals surface area contributed by atoms with Gasteiger partial charge >= 0.3 is 5.97 Å². The molecule has 0 spiro atoms. The monoisotopic (exact) mass is 324 g/mol. The molecule has 0 aliphatic rings. The summed E-state index contributed by atoms with van der Waals surface area (Å²) < 4.78 is 5.06. The highest BCUT2D eigenvalue weighted by Crippen LogP contribution is 2.22. The van der Waals surface area contributed by atoms with E-state index in [-0.39, 0.29) is 30.3 Å². The van der Waals surface area contributed by atoms with Crippen molar-refractivity contribution in [2.45, 2.75) is 24.7 Å². The Morgan fingerprint density at radius 1 is 1.23 bits per heavy atom. The fourth-order valence-electron chi connectivity index (χ4n) is 1.56. The van der Waals surface area contributed by atoms with Crippen molar-refractivity contribution in [3.63, 3.8) is 0 Å². The molecule has 0 unspecified atom stereocenters. The number of rotatable bonds is 8. The first-order chi connectivity index (χ1) is 10.6. The van der Waals surface area contributed by atoms with Gasteiger partial charge < -0.3 is 15.4 Å².